The summed E-state index contributed by atoms with van der Waals surface area (Å²) in [5.74, 6) is -0.404. The highest BCUT2D eigenvalue weighted by Crippen LogP contribution is 2.44. The molecule has 0 N–H and O–H groups in total. The van der Waals surface area contributed by atoms with Gasteiger partial charge in [0, 0.05) is 6.07 Å². The minimum atomic E-state index is -0.635. The van der Waals surface area contributed by atoms with Crippen LogP contribution in [0.5, 0.6) is 5.75 Å². The number of nitro groups is 1. The Labute approximate surface area is 139 Å². The second-order valence-electron chi connectivity index (χ2n) is 5.71. The van der Waals surface area contributed by atoms with Gasteiger partial charge in [0.2, 0.25) is 5.75 Å². The van der Waals surface area contributed by atoms with Crippen LogP contribution >= 0.6 is 0 Å². The molecule has 0 aliphatic heterocycles. The van der Waals surface area contributed by atoms with Gasteiger partial charge in [0.15, 0.2) is 0 Å². The number of methoxy groups -OCH3 is 1. The van der Waals surface area contributed by atoms with E-state index in [0.717, 1.165) is 24.0 Å². The molecule has 0 atom stereocenters. The first kappa shape index (κ1) is 16.0. The van der Waals surface area contributed by atoms with Crippen molar-refractivity contribution in [2.24, 2.45) is 0 Å². The average molecular weight is 327 g/mol. The summed E-state index contributed by atoms with van der Waals surface area (Å²) in [6, 6.07) is 12.4. The van der Waals surface area contributed by atoms with Gasteiger partial charge in [0.25, 0.3) is 0 Å². The fourth-order valence-electron chi connectivity index (χ4n) is 2.57. The molecule has 3 rings (SSSR count). The highest BCUT2D eigenvalue weighted by atomic mass is 16.6. The maximum absolute atomic E-state index is 12.1. The Balaban J connectivity index is 2.00. The first-order valence-corrected chi connectivity index (χ1v) is 7.67. The molecule has 0 bridgehead atoms. The van der Waals surface area contributed by atoms with Crippen LogP contribution in [0.2, 0.25) is 0 Å². The lowest BCUT2D eigenvalue weighted by atomic mass is 10.0. The molecular formula is C18H17NO5. The van der Waals surface area contributed by atoms with E-state index in [0.29, 0.717) is 0 Å². The zero-order chi connectivity index (χ0) is 17.1. The molecule has 24 heavy (non-hydrogen) atoms. The third kappa shape index (κ3) is 3.37. The number of esters is 1. The van der Waals surface area contributed by atoms with Crippen LogP contribution in [0.25, 0.3) is 0 Å². The van der Waals surface area contributed by atoms with Crippen LogP contribution in [0.15, 0.2) is 42.5 Å². The molecule has 2 aromatic rings. The summed E-state index contributed by atoms with van der Waals surface area (Å²) in [5.41, 5.74) is 1.54. The number of nitrogens with zero attached hydrogens (tertiary/aromatic N) is 1. The fraction of sp³-hybridized carbons (Fsp3) is 0.278. The predicted molar refractivity (Wildman–Crippen MR) is 87.2 cm³/mol. The molecule has 1 aliphatic rings. The van der Waals surface area contributed by atoms with E-state index in [1.807, 2.05) is 30.3 Å². The smallest absolute Gasteiger partial charge is 0.341 e. The van der Waals surface area contributed by atoms with Crippen molar-refractivity contribution in [3.63, 3.8) is 0 Å². The Kier molecular flexibility index (Phi) is 4.46. The van der Waals surface area contributed by atoms with Gasteiger partial charge >= 0.3 is 11.7 Å². The topological polar surface area (TPSA) is 78.7 Å². The first-order chi connectivity index (χ1) is 11.6. The van der Waals surface area contributed by atoms with Crippen LogP contribution in [0.3, 0.4) is 0 Å². The molecule has 0 saturated heterocycles. The summed E-state index contributed by atoms with van der Waals surface area (Å²) in [6.45, 7) is 0.133. The highest BCUT2D eigenvalue weighted by molar-refractivity contribution is 5.94. The van der Waals surface area contributed by atoms with E-state index in [9.17, 15) is 14.9 Å². The molecule has 6 heteroatoms. The van der Waals surface area contributed by atoms with E-state index < -0.39 is 10.9 Å². The molecule has 0 heterocycles. The number of rotatable bonds is 6. The van der Waals surface area contributed by atoms with Gasteiger partial charge in [-0.15, -0.1) is 0 Å². The molecule has 1 fully saturated rings. The number of ether oxygens (including phenoxy) is 2. The van der Waals surface area contributed by atoms with E-state index in [-0.39, 0.29) is 29.5 Å². The Morgan fingerprint density at radius 2 is 1.96 bits per heavy atom. The average Bonchev–Trinajstić information content (AvgIpc) is 3.44. The Hall–Kier alpha value is -2.89. The Morgan fingerprint density at radius 1 is 1.25 bits per heavy atom. The maximum atomic E-state index is 12.1. The third-order valence-electron chi connectivity index (χ3n) is 3.97. The number of carbonyl (C=O) groups excluding carboxylic acids is 1. The van der Waals surface area contributed by atoms with Gasteiger partial charge in [-0.2, -0.15) is 0 Å². The SMILES string of the molecule is COC(=O)c1cc(C2CC2)cc([N+](=O)[O-])c1OCc1ccccc1. The zero-order valence-electron chi connectivity index (χ0n) is 13.2. The third-order valence-corrected chi connectivity index (χ3v) is 3.97. The van der Waals surface area contributed by atoms with Crippen LogP contribution in [-0.2, 0) is 11.3 Å². The monoisotopic (exact) mass is 327 g/mol. The van der Waals surface area contributed by atoms with E-state index in [2.05, 4.69) is 0 Å². The summed E-state index contributed by atoms with van der Waals surface area (Å²) in [6.07, 6.45) is 1.95. The second-order valence-corrected chi connectivity index (χ2v) is 5.71. The van der Waals surface area contributed by atoms with Crippen molar-refractivity contribution in [2.45, 2.75) is 25.4 Å². The lowest BCUT2D eigenvalue weighted by Gasteiger charge is -2.12. The quantitative estimate of drug-likeness (QED) is 0.457. The van der Waals surface area contributed by atoms with Gasteiger partial charge in [-0.3, -0.25) is 10.1 Å². The molecule has 0 radical (unpaired) electrons. The summed E-state index contributed by atoms with van der Waals surface area (Å²) < 4.78 is 10.4. The van der Waals surface area contributed by atoms with Crippen LogP contribution in [0.1, 0.15) is 40.2 Å². The predicted octanol–water partition coefficient (Wildman–Crippen LogP) is 3.84. The lowest BCUT2D eigenvalue weighted by molar-refractivity contribution is -0.386. The summed E-state index contributed by atoms with van der Waals surface area (Å²) >= 11 is 0. The van der Waals surface area contributed by atoms with Crippen molar-refractivity contribution < 1.29 is 19.2 Å². The van der Waals surface area contributed by atoms with Crippen LogP contribution in [0, 0.1) is 10.1 Å². The summed E-state index contributed by atoms with van der Waals surface area (Å²) in [5, 5.41) is 11.5. The van der Waals surface area contributed by atoms with Gasteiger partial charge in [0.1, 0.15) is 12.2 Å². The van der Waals surface area contributed by atoms with Gasteiger partial charge in [-0.05, 0) is 36.0 Å². The molecule has 6 nitrogen and oxygen atoms in total. The molecule has 0 aromatic heterocycles. The Bertz CT molecular complexity index is 768. The molecule has 0 spiro atoms. The molecule has 0 amide bonds. The lowest BCUT2D eigenvalue weighted by Crippen LogP contribution is -2.09. The highest BCUT2D eigenvalue weighted by Gasteiger charge is 2.31. The van der Waals surface area contributed by atoms with Gasteiger partial charge in [0.05, 0.1) is 12.0 Å². The number of benzene rings is 2. The van der Waals surface area contributed by atoms with Crippen molar-refractivity contribution >= 4 is 11.7 Å². The molecular weight excluding hydrogens is 310 g/mol. The minimum Gasteiger partial charge on any atom is -0.481 e. The molecule has 1 saturated carbocycles. The van der Waals surface area contributed by atoms with E-state index in [4.69, 9.17) is 9.47 Å². The van der Waals surface area contributed by atoms with E-state index in [1.165, 1.54) is 13.2 Å². The largest absolute Gasteiger partial charge is 0.481 e. The van der Waals surface area contributed by atoms with E-state index >= 15 is 0 Å². The maximum Gasteiger partial charge on any atom is 0.341 e. The summed E-state index contributed by atoms with van der Waals surface area (Å²) in [4.78, 5) is 23.0. The van der Waals surface area contributed by atoms with Crippen molar-refractivity contribution in [1.82, 2.24) is 0 Å². The van der Waals surface area contributed by atoms with Crippen molar-refractivity contribution in [1.29, 1.82) is 0 Å². The van der Waals surface area contributed by atoms with Crippen LogP contribution in [0.4, 0.5) is 5.69 Å². The van der Waals surface area contributed by atoms with Gasteiger partial charge in [-0.1, -0.05) is 30.3 Å². The Morgan fingerprint density at radius 3 is 2.54 bits per heavy atom. The standard InChI is InChI=1S/C18H17NO5/c1-23-18(20)15-9-14(13-7-8-13)10-16(19(21)22)17(15)24-11-12-5-3-2-4-6-12/h2-6,9-10,13H,7-8,11H2,1H3. The number of carbonyl (C=O) groups is 1. The van der Waals surface area contributed by atoms with Crippen LogP contribution < -0.4 is 4.74 Å². The second kappa shape index (κ2) is 6.70. The van der Waals surface area contributed by atoms with E-state index in [1.54, 1.807) is 6.07 Å². The number of hydrogen-bond donors (Lipinski definition) is 0. The minimum absolute atomic E-state index is 0.0416. The molecule has 2 aromatic carbocycles. The molecule has 0 unspecified atom stereocenters. The first-order valence-electron chi connectivity index (χ1n) is 7.67. The van der Waals surface area contributed by atoms with Gasteiger partial charge in [-0.25, -0.2) is 4.79 Å². The van der Waals surface area contributed by atoms with Crippen molar-refractivity contribution in [2.75, 3.05) is 7.11 Å². The fourth-order valence-corrected chi connectivity index (χ4v) is 2.57. The van der Waals surface area contributed by atoms with Crippen molar-refractivity contribution in [3.8, 4) is 5.75 Å². The molecule has 124 valence electrons. The van der Waals surface area contributed by atoms with Gasteiger partial charge < -0.3 is 9.47 Å². The number of hydrogen-bond acceptors (Lipinski definition) is 5. The summed E-state index contributed by atoms with van der Waals surface area (Å²) in [7, 11) is 1.25. The van der Waals surface area contributed by atoms with Crippen LogP contribution in [-0.4, -0.2) is 18.0 Å². The normalized spacial score (nSPS) is 13.4. The number of nitro benzene ring substituents is 1. The molecule has 1 aliphatic carbocycles. The van der Waals surface area contributed by atoms with Crippen molar-refractivity contribution in [3.05, 3.63) is 69.3 Å². The zero-order valence-corrected chi connectivity index (χ0v) is 13.2.